The van der Waals surface area contributed by atoms with Gasteiger partial charge in [0, 0.05) is 73.1 Å². The van der Waals surface area contributed by atoms with E-state index >= 15 is 0 Å². The molecule has 5 aromatic rings. The van der Waals surface area contributed by atoms with Crippen LogP contribution in [0.15, 0.2) is 144 Å². The monoisotopic (exact) mass is 1140 g/mol. The number of nitrogens with zero attached hydrogens (tertiary/aromatic N) is 2. The lowest BCUT2D eigenvalue weighted by atomic mass is 9.76. The van der Waals surface area contributed by atoms with Crippen LogP contribution in [0.4, 0.5) is 22.7 Å². The van der Waals surface area contributed by atoms with Crippen LogP contribution < -0.4 is 15.5 Å². The van der Waals surface area contributed by atoms with Gasteiger partial charge in [-0.25, -0.2) is 0 Å². The number of anilines is 3. The Labute approximate surface area is 506 Å². The van der Waals surface area contributed by atoms with Crippen molar-refractivity contribution in [1.82, 2.24) is 5.32 Å². The first-order valence-electron chi connectivity index (χ1n) is 31.4. The number of nitrogens with one attached hydrogen (secondary N) is 2. The Bertz CT molecular complexity index is 3360. The van der Waals surface area contributed by atoms with E-state index in [1.54, 1.807) is 0 Å². The van der Waals surface area contributed by atoms with Gasteiger partial charge in [0.25, 0.3) is 0 Å². The molecule has 0 heterocycles. The van der Waals surface area contributed by atoms with E-state index in [0.717, 1.165) is 109 Å². The molecule has 8 nitrogen and oxygen atoms in total. The van der Waals surface area contributed by atoms with Gasteiger partial charge in [-0.3, -0.25) is 14.4 Å². The maximum absolute atomic E-state index is 15.0. The second kappa shape index (κ2) is 26.8. The summed E-state index contributed by atoms with van der Waals surface area (Å²) in [5.74, 6) is 1.52. The van der Waals surface area contributed by atoms with Crippen molar-refractivity contribution in [3.63, 3.8) is 0 Å². The van der Waals surface area contributed by atoms with Gasteiger partial charge in [0.05, 0.1) is 22.5 Å². The predicted molar refractivity (Wildman–Crippen MR) is 356 cm³/mol. The van der Waals surface area contributed by atoms with E-state index in [2.05, 4.69) is 216 Å². The third kappa shape index (κ3) is 17.8. The number of hydrogen-bond donors (Lipinski definition) is 3. The molecule has 450 valence electrons. The van der Waals surface area contributed by atoms with Gasteiger partial charge in [-0.2, -0.15) is 4.58 Å². The van der Waals surface area contributed by atoms with Crippen LogP contribution in [0.3, 0.4) is 0 Å². The smallest absolute Gasteiger partial charge is 0.221 e. The topological polar surface area (TPSA) is 102 Å². The average molecular weight is 1140 g/mol. The lowest BCUT2D eigenvalue weighted by Crippen LogP contribution is -2.32. The molecule has 5 aromatic carbocycles. The van der Waals surface area contributed by atoms with Crippen LogP contribution in [0.25, 0.3) is 27.1 Å². The van der Waals surface area contributed by atoms with Gasteiger partial charge in [0.2, 0.25) is 29.0 Å². The molecule has 0 radical (unpaired) electrons. The van der Waals surface area contributed by atoms with E-state index < -0.39 is 0 Å². The van der Waals surface area contributed by atoms with Crippen molar-refractivity contribution in [1.29, 1.82) is 0 Å². The van der Waals surface area contributed by atoms with Gasteiger partial charge in [-0.1, -0.05) is 178 Å². The van der Waals surface area contributed by atoms with Gasteiger partial charge in [-0.15, -0.1) is 0 Å². The van der Waals surface area contributed by atoms with Crippen molar-refractivity contribution in [3.05, 3.63) is 150 Å². The molecular weight excluding hydrogens is 1030 g/mol. The standard InChI is InChI=1S/C76H102N4O4/c1-49(43-73(7,8)9)27-29-59(51(3)45-75(13,14)15)47-79(61-33-31-55-23-19-21-25-57(55)39-61)63-35-37-65(67(41-63)77-53(5)81)69-71(83)70(72(69)84)66-38-36-64(42-68(66)78-54(6)82)80(62-34-32-56-24-20-22-26-58(56)40-62)48-60(52(4)46-76(16,17)18)30-28-50(2)44-74(10,11)12/h19-26,31-42,49-52,59-60H,27-30,43-48H2,1-18H3,(H2,77,78,81,82,83,84)/p+1. The second-order valence-electron chi connectivity index (χ2n) is 30.4. The quantitative estimate of drug-likeness (QED) is 0.0473. The maximum Gasteiger partial charge on any atom is 0.221 e. The molecule has 6 atom stereocenters. The first kappa shape index (κ1) is 65.0. The summed E-state index contributed by atoms with van der Waals surface area (Å²) >= 11 is 0. The number of allylic oxidation sites excluding steroid dienone is 5. The summed E-state index contributed by atoms with van der Waals surface area (Å²) in [5, 5.41) is 23.1. The molecule has 0 fully saturated rings. The molecule has 0 spiro atoms. The van der Waals surface area contributed by atoms with Crippen LogP contribution in [0.1, 0.15) is 182 Å². The van der Waals surface area contributed by atoms with E-state index in [0.29, 0.717) is 58.0 Å². The van der Waals surface area contributed by atoms with Crippen molar-refractivity contribution in [2.75, 3.05) is 23.3 Å². The molecule has 0 aromatic heterocycles. The van der Waals surface area contributed by atoms with E-state index in [9.17, 15) is 19.5 Å². The van der Waals surface area contributed by atoms with Crippen LogP contribution in [0.2, 0.25) is 0 Å². The minimum Gasteiger partial charge on any atom is -0.506 e. The van der Waals surface area contributed by atoms with Crippen LogP contribution in [0, 0.1) is 57.2 Å². The number of fused-ring (bicyclic) bond motifs is 2. The fraction of sp³-hybridized carbons (Fsp3) is 0.500. The molecule has 2 amide bonds. The van der Waals surface area contributed by atoms with Gasteiger partial charge < -0.3 is 20.6 Å². The highest BCUT2D eigenvalue weighted by Gasteiger charge is 2.40. The molecule has 3 N–H and O–H groups in total. The molecule has 2 aliphatic rings. The predicted octanol–water partition coefficient (Wildman–Crippen LogP) is 19.7. The van der Waals surface area contributed by atoms with Crippen LogP contribution >= 0.6 is 0 Å². The molecular formula is C76H103N4O4+. The summed E-state index contributed by atoms with van der Waals surface area (Å²) in [5.41, 5.74) is 6.57. The summed E-state index contributed by atoms with van der Waals surface area (Å²) in [7, 11) is 0. The molecule has 0 saturated heterocycles. The summed E-state index contributed by atoms with van der Waals surface area (Å²) < 4.78 is 2.39. The molecule has 8 heteroatoms. The van der Waals surface area contributed by atoms with Crippen molar-refractivity contribution >= 4 is 73.2 Å². The highest BCUT2D eigenvalue weighted by atomic mass is 16.3. The van der Waals surface area contributed by atoms with Crippen LogP contribution in [-0.2, 0) is 14.4 Å². The number of Topliss-reactive ketones (excluding diaryl/α,β-unsaturated/α-hetero) is 1. The summed E-state index contributed by atoms with van der Waals surface area (Å²) in [6.45, 7) is 42.0. The number of aliphatic hydroxyl groups is 1. The largest absolute Gasteiger partial charge is 0.506 e. The minimum absolute atomic E-state index is 0.120. The number of carbonyl (C=O) groups is 3. The number of benzene rings is 5. The van der Waals surface area contributed by atoms with Gasteiger partial charge in [-0.05, 0) is 154 Å². The summed E-state index contributed by atoms with van der Waals surface area (Å²) in [4.78, 5) is 43.8. The van der Waals surface area contributed by atoms with Gasteiger partial charge >= 0.3 is 0 Å². The Morgan fingerprint density at radius 3 is 1.57 bits per heavy atom. The molecule has 2 aliphatic carbocycles. The van der Waals surface area contributed by atoms with Crippen molar-refractivity contribution in [2.45, 2.75) is 176 Å². The Morgan fingerprint density at radius 2 is 1.04 bits per heavy atom. The number of ketones is 1. The maximum atomic E-state index is 15.0. The first-order valence-corrected chi connectivity index (χ1v) is 31.4. The first-order chi connectivity index (χ1) is 39.2. The zero-order chi connectivity index (χ0) is 61.6. The van der Waals surface area contributed by atoms with Crippen LogP contribution in [-0.4, -0.2) is 46.1 Å². The van der Waals surface area contributed by atoms with Crippen molar-refractivity contribution in [2.24, 2.45) is 57.2 Å². The van der Waals surface area contributed by atoms with E-state index in [1.165, 1.54) is 13.8 Å². The fourth-order valence-corrected chi connectivity index (χ4v) is 13.9. The van der Waals surface area contributed by atoms with E-state index in [1.807, 2.05) is 36.4 Å². The zero-order valence-electron chi connectivity index (χ0n) is 54.6. The number of rotatable bonds is 22. The third-order valence-corrected chi connectivity index (χ3v) is 17.1. The molecule has 6 unspecified atom stereocenters. The third-order valence-electron chi connectivity index (χ3n) is 17.1. The second-order valence-corrected chi connectivity index (χ2v) is 30.4. The number of carbonyl (C=O) groups excluding carboxylic acids is 3. The van der Waals surface area contributed by atoms with E-state index in [4.69, 9.17) is 0 Å². The minimum atomic E-state index is -0.370. The molecule has 0 bridgehead atoms. The average Bonchev–Trinajstić information content (AvgIpc) is 1.21. The SMILES string of the molecule is CC(=O)NC1=CC(=[N+](CC(CCC(C)CC(C)(C)C)C(C)CC(C)(C)C)c2ccc3ccccc3c2)C=CC1=C1C(=O)C(c2ccc(N(CC(CCC(C)CC(C)(C)C)C(C)CC(C)(C)C)c3ccc4ccccc4c3)cc2NC(C)=O)=C1O. The van der Waals surface area contributed by atoms with Gasteiger partial charge in [0.15, 0.2) is 6.54 Å². The fourth-order valence-electron chi connectivity index (χ4n) is 13.9. The molecule has 0 saturated carbocycles. The lowest BCUT2D eigenvalue weighted by Gasteiger charge is -2.36. The van der Waals surface area contributed by atoms with Gasteiger partial charge in [0.1, 0.15) is 5.76 Å². The Hall–Kier alpha value is -6.54. The zero-order valence-corrected chi connectivity index (χ0v) is 54.6. The highest BCUT2D eigenvalue weighted by molar-refractivity contribution is 6.40. The molecule has 7 rings (SSSR count). The number of aliphatic hydroxyl groups excluding tert-OH is 1. The normalized spacial score (nSPS) is 18.0. The highest BCUT2D eigenvalue weighted by Crippen LogP contribution is 2.46. The molecule has 84 heavy (non-hydrogen) atoms. The molecule has 0 aliphatic heterocycles. The Morgan fingerprint density at radius 1 is 0.548 bits per heavy atom. The Balaban J connectivity index is 1.33. The van der Waals surface area contributed by atoms with Crippen molar-refractivity contribution in [3.8, 4) is 0 Å². The lowest BCUT2D eigenvalue weighted by molar-refractivity contribution is -0.450. The van der Waals surface area contributed by atoms with Crippen LogP contribution in [0.5, 0.6) is 0 Å². The summed E-state index contributed by atoms with van der Waals surface area (Å²) in [6.07, 6.45) is 14.7. The number of amides is 2. The van der Waals surface area contributed by atoms with Crippen molar-refractivity contribution < 1.29 is 24.1 Å². The number of hydrogen-bond acceptors (Lipinski definition) is 5. The summed E-state index contributed by atoms with van der Waals surface area (Å²) in [6, 6.07) is 35.9. The van der Waals surface area contributed by atoms with E-state index in [-0.39, 0.29) is 56.2 Å². The Kier molecular flexibility index (Phi) is 20.7.